The lowest BCUT2D eigenvalue weighted by atomic mass is 10.1. The summed E-state index contributed by atoms with van der Waals surface area (Å²) in [5.74, 6) is 0. The summed E-state index contributed by atoms with van der Waals surface area (Å²) in [4.78, 5) is 4.20. The molecule has 2 fully saturated rings. The summed E-state index contributed by atoms with van der Waals surface area (Å²) in [6.45, 7) is 3.38. The molecular formula is C16H18F3N3. The number of rotatable bonds is 2. The van der Waals surface area contributed by atoms with Crippen molar-refractivity contribution in [3.8, 4) is 6.07 Å². The Morgan fingerprint density at radius 1 is 1.14 bits per heavy atom. The molecule has 0 spiro atoms. The summed E-state index contributed by atoms with van der Waals surface area (Å²) >= 11 is 0. The molecule has 0 aliphatic carbocycles. The van der Waals surface area contributed by atoms with Crippen molar-refractivity contribution in [2.45, 2.75) is 31.5 Å². The first kappa shape index (κ1) is 15.2. The number of anilines is 1. The van der Waals surface area contributed by atoms with E-state index in [0.717, 1.165) is 25.6 Å². The number of hydrogen-bond acceptors (Lipinski definition) is 3. The predicted molar refractivity (Wildman–Crippen MR) is 77.6 cm³/mol. The summed E-state index contributed by atoms with van der Waals surface area (Å²) in [5.41, 5.74) is -0.451. The van der Waals surface area contributed by atoms with Gasteiger partial charge in [-0.1, -0.05) is 0 Å². The highest BCUT2D eigenvalue weighted by Gasteiger charge is 2.37. The molecule has 0 radical (unpaired) electrons. The van der Waals surface area contributed by atoms with Crippen molar-refractivity contribution in [1.82, 2.24) is 4.90 Å². The van der Waals surface area contributed by atoms with Crippen LogP contribution in [0.5, 0.6) is 0 Å². The molecule has 0 N–H and O–H groups in total. The molecule has 1 aromatic rings. The van der Waals surface area contributed by atoms with Crippen molar-refractivity contribution in [3.63, 3.8) is 0 Å². The Hall–Kier alpha value is -1.74. The highest BCUT2D eigenvalue weighted by molar-refractivity contribution is 5.58. The summed E-state index contributed by atoms with van der Waals surface area (Å²) in [6.07, 6.45) is -1.17. The zero-order valence-corrected chi connectivity index (χ0v) is 12.2. The van der Waals surface area contributed by atoms with E-state index in [4.69, 9.17) is 5.26 Å². The molecule has 0 aromatic heterocycles. The van der Waals surface area contributed by atoms with Crippen molar-refractivity contribution >= 4 is 5.69 Å². The summed E-state index contributed by atoms with van der Waals surface area (Å²) in [5, 5.41) is 8.83. The van der Waals surface area contributed by atoms with Crippen molar-refractivity contribution in [1.29, 1.82) is 5.26 Å². The van der Waals surface area contributed by atoms with E-state index in [1.54, 1.807) is 6.07 Å². The molecule has 2 heterocycles. The maximum atomic E-state index is 13.3. The van der Waals surface area contributed by atoms with Crippen molar-refractivity contribution in [2.24, 2.45) is 0 Å². The highest BCUT2D eigenvalue weighted by atomic mass is 19.4. The fourth-order valence-electron chi connectivity index (χ4n) is 3.47. The topological polar surface area (TPSA) is 30.3 Å². The number of nitrogens with zero attached hydrogens (tertiary/aromatic N) is 3. The second-order valence-electron chi connectivity index (χ2n) is 5.97. The number of likely N-dealkylation sites (tertiary alicyclic amines) is 1. The fourth-order valence-corrected chi connectivity index (χ4v) is 3.47. The van der Waals surface area contributed by atoms with Gasteiger partial charge in [-0.15, -0.1) is 0 Å². The van der Waals surface area contributed by atoms with Gasteiger partial charge < -0.3 is 4.90 Å². The zero-order chi connectivity index (χ0) is 15.7. The molecule has 3 nitrogen and oxygen atoms in total. The SMILES string of the molecule is N#Cc1ccc(N2CCC(N3CCCC3)C2)c(C(F)(F)F)c1. The van der Waals surface area contributed by atoms with Gasteiger partial charge in [0, 0.05) is 24.8 Å². The van der Waals surface area contributed by atoms with E-state index in [9.17, 15) is 13.2 Å². The molecule has 1 unspecified atom stereocenters. The Morgan fingerprint density at radius 3 is 2.50 bits per heavy atom. The number of benzene rings is 1. The average Bonchev–Trinajstić information content (AvgIpc) is 3.16. The number of alkyl halides is 3. The van der Waals surface area contributed by atoms with Crippen LogP contribution in [0.1, 0.15) is 30.4 Å². The monoisotopic (exact) mass is 309 g/mol. The van der Waals surface area contributed by atoms with E-state index < -0.39 is 11.7 Å². The molecule has 2 saturated heterocycles. The molecule has 1 atom stereocenters. The first-order valence-corrected chi connectivity index (χ1v) is 7.59. The summed E-state index contributed by atoms with van der Waals surface area (Å²) in [7, 11) is 0. The quantitative estimate of drug-likeness (QED) is 0.840. The number of halogens is 3. The van der Waals surface area contributed by atoms with Crippen LogP contribution in [0.3, 0.4) is 0 Å². The maximum Gasteiger partial charge on any atom is 0.418 e. The van der Waals surface area contributed by atoms with E-state index in [0.29, 0.717) is 19.1 Å². The van der Waals surface area contributed by atoms with Gasteiger partial charge in [0.25, 0.3) is 0 Å². The van der Waals surface area contributed by atoms with Crippen LogP contribution in [0.2, 0.25) is 0 Å². The van der Waals surface area contributed by atoms with E-state index in [2.05, 4.69) is 4.90 Å². The van der Waals surface area contributed by atoms with E-state index >= 15 is 0 Å². The Labute approximate surface area is 127 Å². The Balaban J connectivity index is 1.84. The van der Waals surface area contributed by atoms with Crippen molar-refractivity contribution < 1.29 is 13.2 Å². The standard InChI is InChI=1S/C16H18F3N3/c17-16(18,19)14-9-12(10-20)3-4-15(14)22-8-5-13(11-22)21-6-1-2-7-21/h3-4,9,13H,1-2,5-8,11H2. The third kappa shape index (κ3) is 2.91. The van der Waals surface area contributed by atoms with Gasteiger partial charge >= 0.3 is 6.18 Å². The lowest BCUT2D eigenvalue weighted by Gasteiger charge is -2.26. The van der Waals surface area contributed by atoms with Gasteiger partial charge in [0.2, 0.25) is 0 Å². The predicted octanol–water partition coefficient (Wildman–Crippen LogP) is 3.25. The average molecular weight is 309 g/mol. The third-order valence-corrected chi connectivity index (χ3v) is 4.59. The van der Waals surface area contributed by atoms with Crippen LogP contribution in [-0.4, -0.2) is 37.1 Å². The fraction of sp³-hybridized carbons (Fsp3) is 0.562. The lowest BCUT2D eigenvalue weighted by Crippen LogP contribution is -2.35. The molecule has 6 heteroatoms. The molecule has 1 aromatic carbocycles. The van der Waals surface area contributed by atoms with Crippen molar-refractivity contribution in [3.05, 3.63) is 29.3 Å². The van der Waals surface area contributed by atoms with Crippen LogP contribution < -0.4 is 4.90 Å². The van der Waals surface area contributed by atoms with Crippen LogP contribution in [0.25, 0.3) is 0 Å². The summed E-state index contributed by atoms with van der Waals surface area (Å²) in [6, 6.07) is 5.99. The number of nitriles is 1. The van der Waals surface area contributed by atoms with Crippen LogP contribution in [0.15, 0.2) is 18.2 Å². The van der Waals surface area contributed by atoms with Gasteiger partial charge in [-0.2, -0.15) is 18.4 Å². The van der Waals surface area contributed by atoms with Crippen molar-refractivity contribution in [2.75, 3.05) is 31.1 Å². The van der Waals surface area contributed by atoms with Gasteiger partial charge in [-0.25, -0.2) is 0 Å². The van der Waals surface area contributed by atoms with E-state index in [-0.39, 0.29) is 11.3 Å². The summed E-state index contributed by atoms with van der Waals surface area (Å²) < 4.78 is 39.8. The highest BCUT2D eigenvalue weighted by Crippen LogP contribution is 2.38. The molecule has 2 aliphatic heterocycles. The van der Waals surface area contributed by atoms with E-state index in [1.165, 1.54) is 25.0 Å². The lowest BCUT2D eigenvalue weighted by molar-refractivity contribution is -0.137. The second kappa shape index (κ2) is 5.81. The van der Waals surface area contributed by atoms with Gasteiger partial charge in [-0.3, -0.25) is 4.90 Å². The zero-order valence-electron chi connectivity index (χ0n) is 12.2. The minimum Gasteiger partial charge on any atom is -0.369 e. The molecule has 3 rings (SSSR count). The maximum absolute atomic E-state index is 13.3. The second-order valence-corrected chi connectivity index (χ2v) is 5.97. The molecular weight excluding hydrogens is 291 g/mol. The molecule has 22 heavy (non-hydrogen) atoms. The van der Waals surface area contributed by atoms with Gasteiger partial charge in [0.15, 0.2) is 0 Å². The normalized spacial score (nSPS) is 23.0. The minimum atomic E-state index is -4.44. The first-order chi connectivity index (χ1) is 10.5. The molecule has 0 saturated carbocycles. The van der Waals surface area contributed by atoms with Gasteiger partial charge in [0.1, 0.15) is 0 Å². The van der Waals surface area contributed by atoms with Crippen LogP contribution in [0.4, 0.5) is 18.9 Å². The number of hydrogen-bond donors (Lipinski definition) is 0. The first-order valence-electron chi connectivity index (χ1n) is 7.59. The smallest absolute Gasteiger partial charge is 0.369 e. The Bertz CT molecular complexity index is 585. The Morgan fingerprint density at radius 2 is 1.86 bits per heavy atom. The van der Waals surface area contributed by atoms with Crippen LogP contribution in [0, 0.1) is 11.3 Å². The molecule has 0 amide bonds. The minimum absolute atomic E-state index is 0.0476. The largest absolute Gasteiger partial charge is 0.418 e. The Kier molecular flexibility index (Phi) is 4.00. The molecule has 0 bridgehead atoms. The van der Waals surface area contributed by atoms with Crippen LogP contribution in [-0.2, 0) is 6.18 Å². The van der Waals surface area contributed by atoms with Gasteiger partial charge in [0.05, 0.1) is 17.2 Å². The molecule has 118 valence electrons. The van der Waals surface area contributed by atoms with Crippen LogP contribution >= 0.6 is 0 Å². The van der Waals surface area contributed by atoms with E-state index in [1.807, 2.05) is 4.90 Å². The molecule has 2 aliphatic rings. The van der Waals surface area contributed by atoms with Gasteiger partial charge in [-0.05, 0) is 50.6 Å². The third-order valence-electron chi connectivity index (χ3n) is 4.59.